The Labute approximate surface area is 214 Å². The molecule has 1 aliphatic rings. The van der Waals surface area contributed by atoms with Gasteiger partial charge in [-0.25, -0.2) is 22.0 Å². The number of sulfonamides is 1. The van der Waals surface area contributed by atoms with Crippen molar-refractivity contribution < 1.29 is 31.5 Å². The first-order valence-electron chi connectivity index (χ1n) is 11.3. The van der Waals surface area contributed by atoms with Gasteiger partial charge in [0, 0.05) is 13.1 Å². The van der Waals surface area contributed by atoms with Crippen LogP contribution in [0, 0.1) is 17.6 Å². The lowest BCUT2D eigenvalue weighted by molar-refractivity contribution is 0.0176. The van der Waals surface area contributed by atoms with E-state index in [1.54, 1.807) is 26.8 Å². The second kappa shape index (κ2) is 11.1. The van der Waals surface area contributed by atoms with E-state index in [2.05, 4.69) is 0 Å². The van der Waals surface area contributed by atoms with Gasteiger partial charge in [-0.15, -0.1) is 4.83 Å². The fourth-order valence-corrected chi connectivity index (χ4v) is 5.27. The van der Waals surface area contributed by atoms with Crippen molar-refractivity contribution in [1.82, 2.24) is 15.2 Å². The topological polar surface area (TPSA) is 105 Å². The summed E-state index contributed by atoms with van der Waals surface area (Å²) in [5, 5.41) is -0.380. The predicted molar refractivity (Wildman–Crippen MR) is 132 cm³/mol. The third kappa shape index (κ3) is 7.62. The van der Waals surface area contributed by atoms with Crippen LogP contribution in [0.4, 0.5) is 13.6 Å². The summed E-state index contributed by atoms with van der Waals surface area (Å²) < 4.78 is 58.7. The van der Waals surface area contributed by atoms with E-state index in [4.69, 9.17) is 16.3 Å². The van der Waals surface area contributed by atoms with Gasteiger partial charge in [-0.3, -0.25) is 10.2 Å². The summed E-state index contributed by atoms with van der Waals surface area (Å²) in [4.78, 5) is 28.4. The number of amides is 2. The van der Waals surface area contributed by atoms with Gasteiger partial charge in [0.15, 0.2) is 5.82 Å². The maximum Gasteiger partial charge on any atom is 0.410 e. The Bertz CT molecular complexity index is 1250. The molecule has 0 spiro atoms. The molecule has 2 aromatic carbocycles. The summed E-state index contributed by atoms with van der Waals surface area (Å²) >= 11 is 5.92. The summed E-state index contributed by atoms with van der Waals surface area (Å²) in [6, 6.07) is 7.83. The highest BCUT2D eigenvalue weighted by molar-refractivity contribution is 7.89. The molecule has 1 unspecified atom stereocenters. The van der Waals surface area contributed by atoms with Crippen molar-refractivity contribution in [2.75, 3.05) is 18.8 Å². The molecule has 196 valence electrons. The smallest absolute Gasteiger partial charge is 0.410 e. The van der Waals surface area contributed by atoms with Crippen molar-refractivity contribution in [2.24, 2.45) is 5.92 Å². The molecule has 1 atom stereocenters. The van der Waals surface area contributed by atoms with Crippen molar-refractivity contribution in [2.45, 2.75) is 39.2 Å². The van der Waals surface area contributed by atoms with Gasteiger partial charge in [-0.1, -0.05) is 23.7 Å². The summed E-state index contributed by atoms with van der Waals surface area (Å²) in [6.45, 7) is 5.87. The van der Waals surface area contributed by atoms with Gasteiger partial charge < -0.3 is 9.64 Å². The Morgan fingerprint density at radius 2 is 1.89 bits per heavy atom. The van der Waals surface area contributed by atoms with E-state index in [0.717, 1.165) is 6.07 Å². The van der Waals surface area contributed by atoms with E-state index in [1.807, 2.05) is 10.3 Å². The van der Waals surface area contributed by atoms with Crippen LogP contribution in [0.1, 0.15) is 44.0 Å². The van der Waals surface area contributed by atoms with Crippen LogP contribution in [-0.2, 0) is 14.8 Å². The second-order valence-corrected chi connectivity index (χ2v) is 11.8. The minimum Gasteiger partial charge on any atom is -0.444 e. The van der Waals surface area contributed by atoms with E-state index in [-0.39, 0.29) is 28.8 Å². The first-order valence-corrected chi connectivity index (χ1v) is 13.3. The molecule has 0 bridgehead atoms. The number of benzene rings is 2. The van der Waals surface area contributed by atoms with Crippen LogP contribution in [0.3, 0.4) is 0 Å². The Balaban J connectivity index is 1.65. The number of hydrogen-bond acceptors (Lipinski definition) is 5. The van der Waals surface area contributed by atoms with Gasteiger partial charge in [0.1, 0.15) is 11.4 Å². The highest BCUT2D eigenvalue weighted by Gasteiger charge is 2.30. The first-order chi connectivity index (χ1) is 16.7. The molecule has 0 radical (unpaired) electrons. The zero-order valence-corrected chi connectivity index (χ0v) is 21.7. The highest BCUT2D eigenvalue weighted by Crippen LogP contribution is 2.28. The summed E-state index contributed by atoms with van der Waals surface area (Å²) in [7, 11) is -4.03. The Morgan fingerprint density at radius 1 is 1.17 bits per heavy atom. The average molecular weight is 544 g/mol. The fourth-order valence-electron chi connectivity index (χ4n) is 3.83. The van der Waals surface area contributed by atoms with Crippen LogP contribution < -0.4 is 10.3 Å². The van der Waals surface area contributed by atoms with Crippen LogP contribution in [-0.4, -0.2) is 49.8 Å². The number of carbonyl (C=O) groups is 2. The van der Waals surface area contributed by atoms with Crippen LogP contribution in [0.5, 0.6) is 0 Å². The maximum atomic E-state index is 14.6. The zero-order valence-electron chi connectivity index (χ0n) is 20.1. The number of piperidine rings is 1. The molecule has 0 aliphatic carbocycles. The number of nitrogens with zero attached hydrogens (tertiary/aromatic N) is 1. The van der Waals surface area contributed by atoms with Crippen molar-refractivity contribution in [1.29, 1.82) is 0 Å². The van der Waals surface area contributed by atoms with E-state index in [9.17, 15) is 26.8 Å². The van der Waals surface area contributed by atoms with Gasteiger partial charge in [0.2, 0.25) is 10.0 Å². The van der Waals surface area contributed by atoms with Gasteiger partial charge >= 0.3 is 6.09 Å². The van der Waals surface area contributed by atoms with Crippen molar-refractivity contribution in [3.8, 4) is 11.1 Å². The van der Waals surface area contributed by atoms with Crippen LogP contribution in [0.15, 0.2) is 36.4 Å². The first kappa shape index (κ1) is 27.8. The second-order valence-electron chi connectivity index (χ2n) is 9.60. The number of carbonyl (C=O) groups excluding carboxylic acids is 2. The lowest BCUT2D eigenvalue weighted by Gasteiger charge is -2.34. The maximum absolute atomic E-state index is 14.6. The van der Waals surface area contributed by atoms with Gasteiger partial charge in [0.25, 0.3) is 5.91 Å². The minimum absolute atomic E-state index is 0.184. The summed E-state index contributed by atoms with van der Waals surface area (Å²) in [5.41, 5.74) is 1.44. The predicted octanol–water partition coefficient (Wildman–Crippen LogP) is 4.50. The molecular formula is C24H28ClF2N3O5S. The molecule has 1 saturated heterocycles. The van der Waals surface area contributed by atoms with Gasteiger partial charge in [-0.2, -0.15) is 0 Å². The van der Waals surface area contributed by atoms with Crippen LogP contribution in [0.25, 0.3) is 11.1 Å². The molecular weight excluding hydrogens is 516 g/mol. The van der Waals surface area contributed by atoms with E-state index in [0.29, 0.717) is 24.9 Å². The molecule has 36 heavy (non-hydrogen) atoms. The molecule has 0 aromatic heterocycles. The van der Waals surface area contributed by atoms with Gasteiger partial charge in [-0.05, 0) is 74.9 Å². The lowest BCUT2D eigenvalue weighted by atomic mass is 10.0. The molecule has 1 fully saturated rings. The van der Waals surface area contributed by atoms with E-state index >= 15 is 0 Å². The van der Waals surface area contributed by atoms with Crippen LogP contribution in [0.2, 0.25) is 5.02 Å². The van der Waals surface area contributed by atoms with Crippen molar-refractivity contribution in [3.05, 3.63) is 58.6 Å². The fraction of sp³-hybridized carbons (Fsp3) is 0.417. The van der Waals surface area contributed by atoms with E-state index in [1.165, 1.54) is 29.2 Å². The van der Waals surface area contributed by atoms with E-state index < -0.39 is 44.8 Å². The molecule has 12 heteroatoms. The summed E-state index contributed by atoms with van der Waals surface area (Å²) in [6.07, 6.45) is 0.646. The number of hydrogen-bond donors (Lipinski definition) is 2. The Kier molecular flexibility index (Phi) is 8.58. The van der Waals surface area contributed by atoms with Crippen LogP contribution >= 0.6 is 11.6 Å². The minimum atomic E-state index is -4.03. The quantitative estimate of drug-likeness (QED) is 0.522. The van der Waals surface area contributed by atoms with Crippen molar-refractivity contribution in [3.63, 3.8) is 0 Å². The summed E-state index contributed by atoms with van der Waals surface area (Å²) in [5.74, 6) is -3.40. The van der Waals surface area contributed by atoms with Gasteiger partial charge in [0.05, 0.1) is 16.3 Å². The molecule has 8 nitrogen and oxygen atoms in total. The number of rotatable bonds is 6. The molecule has 2 N–H and O–H groups in total. The standard InChI is InChI=1S/C24H28ClF2N3O5S/c1-24(2,3)35-23(32)30-9-5-6-15(13-30)14-36(33,34)29-28-22(31)19-11-17(12-20(25)21(19)27)16-7-4-8-18(26)10-16/h4,7-8,10-12,15,29H,5-6,9,13-14H2,1-3H3,(H,28,31). The average Bonchev–Trinajstić information content (AvgIpc) is 2.78. The number of nitrogens with one attached hydrogen (secondary N) is 2. The monoisotopic (exact) mass is 543 g/mol. The highest BCUT2D eigenvalue weighted by atomic mass is 35.5. The number of halogens is 3. The molecule has 0 saturated carbocycles. The SMILES string of the molecule is CC(C)(C)OC(=O)N1CCCC(CS(=O)(=O)NNC(=O)c2cc(-c3cccc(F)c3)cc(Cl)c2F)C1. The largest absolute Gasteiger partial charge is 0.444 e. The number of ether oxygens (including phenoxy) is 1. The molecule has 1 heterocycles. The number of hydrazine groups is 1. The lowest BCUT2D eigenvalue weighted by Crippen LogP contribution is -2.48. The Morgan fingerprint density at radius 3 is 2.56 bits per heavy atom. The molecule has 1 aliphatic heterocycles. The normalized spacial score (nSPS) is 16.5. The third-order valence-electron chi connectivity index (χ3n) is 5.38. The zero-order chi connectivity index (χ0) is 26.7. The number of likely N-dealkylation sites (tertiary alicyclic amines) is 1. The van der Waals surface area contributed by atoms with Crippen molar-refractivity contribution >= 4 is 33.6 Å². The molecule has 2 amide bonds. The Hall–Kier alpha value is -2.76. The third-order valence-corrected chi connectivity index (χ3v) is 6.97. The molecule has 2 aromatic rings. The molecule has 3 rings (SSSR count).